The van der Waals surface area contributed by atoms with Crippen LogP contribution in [-0.2, 0) is 6.54 Å². The normalized spacial score (nSPS) is 10.9. The van der Waals surface area contributed by atoms with Gasteiger partial charge in [-0.2, -0.15) is 5.10 Å². The SMILES string of the molecule is COc1ccc(Cn2ncc(-c3ccnc(NC(C)C)n3)c2NCCO)cc1. The number of aliphatic hydroxyl groups is 1. The van der Waals surface area contributed by atoms with Gasteiger partial charge in [0.25, 0.3) is 0 Å². The Morgan fingerprint density at radius 2 is 1.96 bits per heavy atom. The van der Waals surface area contributed by atoms with Crippen molar-refractivity contribution in [3.63, 3.8) is 0 Å². The molecule has 8 nitrogen and oxygen atoms in total. The Bertz CT molecular complexity index is 892. The van der Waals surface area contributed by atoms with Gasteiger partial charge in [-0.25, -0.2) is 14.6 Å². The van der Waals surface area contributed by atoms with Gasteiger partial charge in [0, 0.05) is 18.8 Å². The average Bonchev–Trinajstić information content (AvgIpc) is 3.09. The van der Waals surface area contributed by atoms with E-state index in [0.717, 1.165) is 28.4 Å². The predicted octanol–water partition coefficient (Wildman–Crippen LogP) is 2.62. The molecule has 2 heterocycles. The number of nitrogens with zero attached hydrogens (tertiary/aromatic N) is 4. The first-order valence-corrected chi connectivity index (χ1v) is 9.24. The van der Waals surface area contributed by atoms with Crippen molar-refractivity contribution in [2.24, 2.45) is 0 Å². The van der Waals surface area contributed by atoms with E-state index in [1.165, 1.54) is 0 Å². The van der Waals surface area contributed by atoms with Gasteiger partial charge in [-0.05, 0) is 37.6 Å². The van der Waals surface area contributed by atoms with Crippen molar-refractivity contribution in [3.05, 3.63) is 48.3 Å². The first kappa shape index (κ1) is 19.6. The lowest BCUT2D eigenvalue weighted by atomic mass is 10.2. The molecule has 2 aromatic heterocycles. The van der Waals surface area contributed by atoms with Crippen LogP contribution in [0.25, 0.3) is 11.3 Å². The molecular weight excluding hydrogens is 356 g/mol. The fraction of sp³-hybridized carbons (Fsp3) is 0.350. The van der Waals surface area contributed by atoms with E-state index in [-0.39, 0.29) is 12.6 Å². The maximum atomic E-state index is 9.27. The molecule has 0 unspecified atom stereocenters. The van der Waals surface area contributed by atoms with Gasteiger partial charge in [-0.15, -0.1) is 0 Å². The van der Waals surface area contributed by atoms with Crippen molar-refractivity contribution < 1.29 is 9.84 Å². The van der Waals surface area contributed by atoms with E-state index in [2.05, 4.69) is 25.7 Å². The third-order valence-electron chi connectivity index (χ3n) is 4.08. The summed E-state index contributed by atoms with van der Waals surface area (Å²) in [7, 11) is 1.65. The van der Waals surface area contributed by atoms with Gasteiger partial charge in [0.1, 0.15) is 11.6 Å². The first-order valence-electron chi connectivity index (χ1n) is 9.24. The van der Waals surface area contributed by atoms with E-state index in [9.17, 15) is 5.11 Å². The molecule has 8 heteroatoms. The minimum Gasteiger partial charge on any atom is -0.497 e. The molecule has 148 valence electrons. The quantitative estimate of drug-likeness (QED) is 0.523. The largest absolute Gasteiger partial charge is 0.497 e. The van der Waals surface area contributed by atoms with Crippen LogP contribution in [0.4, 0.5) is 11.8 Å². The molecule has 1 aromatic carbocycles. The topological polar surface area (TPSA) is 97.1 Å². The second-order valence-corrected chi connectivity index (χ2v) is 6.63. The van der Waals surface area contributed by atoms with E-state index in [1.807, 2.05) is 48.9 Å². The van der Waals surface area contributed by atoms with Gasteiger partial charge in [-0.1, -0.05) is 12.1 Å². The molecule has 0 radical (unpaired) electrons. The third kappa shape index (κ3) is 4.77. The monoisotopic (exact) mass is 382 g/mol. The maximum Gasteiger partial charge on any atom is 0.223 e. The number of rotatable bonds is 9. The molecule has 0 bridgehead atoms. The van der Waals surface area contributed by atoms with Gasteiger partial charge < -0.3 is 20.5 Å². The summed E-state index contributed by atoms with van der Waals surface area (Å²) in [5.41, 5.74) is 2.71. The summed E-state index contributed by atoms with van der Waals surface area (Å²) in [6.45, 7) is 5.11. The highest BCUT2D eigenvalue weighted by Gasteiger charge is 2.15. The number of methoxy groups -OCH3 is 1. The second-order valence-electron chi connectivity index (χ2n) is 6.63. The summed E-state index contributed by atoms with van der Waals surface area (Å²) >= 11 is 0. The molecule has 0 spiro atoms. The minimum absolute atomic E-state index is 0.0249. The van der Waals surface area contributed by atoms with Gasteiger partial charge >= 0.3 is 0 Å². The van der Waals surface area contributed by atoms with Gasteiger partial charge in [0.05, 0.1) is 37.7 Å². The van der Waals surface area contributed by atoms with Crippen molar-refractivity contribution in [3.8, 4) is 17.0 Å². The van der Waals surface area contributed by atoms with E-state index < -0.39 is 0 Å². The lowest BCUT2D eigenvalue weighted by Gasteiger charge is -2.13. The molecule has 28 heavy (non-hydrogen) atoms. The fourth-order valence-corrected chi connectivity index (χ4v) is 2.79. The molecule has 0 aliphatic heterocycles. The molecule has 0 fully saturated rings. The number of aliphatic hydroxyl groups excluding tert-OH is 1. The number of ether oxygens (including phenoxy) is 1. The average molecular weight is 382 g/mol. The summed E-state index contributed by atoms with van der Waals surface area (Å²) in [6.07, 6.45) is 3.51. The second kappa shape index (κ2) is 9.18. The van der Waals surface area contributed by atoms with Crippen LogP contribution < -0.4 is 15.4 Å². The molecule has 3 aromatic rings. The molecule has 0 amide bonds. The highest BCUT2D eigenvalue weighted by Crippen LogP contribution is 2.27. The van der Waals surface area contributed by atoms with Gasteiger partial charge in [0.15, 0.2) is 0 Å². The summed E-state index contributed by atoms with van der Waals surface area (Å²) in [5.74, 6) is 2.19. The molecule has 0 aliphatic rings. The Morgan fingerprint density at radius 1 is 1.18 bits per heavy atom. The number of benzene rings is 1. The first-order chi connectivity index (χ1) is 13.6. The molecule has 0 aliphatic carbocycles. The molecule has 0 saturated carbocycles. The van der Waals surface area contributed by atoms with Crippen molar-refractivity contribution >= 4 is 11.8 Å². The summed E-state index contributed by atoms with van der Waals surface area (Å²) in [6, 6.07) is 9.95. The Labute approximate surface area is 164 Å². The standard InChI is InChI=1S/C20H26N6O2/c1-14(2)24-20-22-9-8-18(25-20)17-12-23-26(19(17)21-10-11-27)13-15-4-6-16(28-3)7-5-15/h4-9,12,14,21,27H,10-11,13H2,1-3H3,(H,22,24,25). The van der Waals surface area contributed by atoms with Crippen LogP contribution in [0, 0.1) is 0 Å². The highest BCUT2D eigenvalue weighted by molar-refractivity contribution is 5.73. The Hall–Kier alpha value is -3.13. The van der Waals surface area contributed by atoms with E-state index in [4.69, 9.17) is 4.74 Å². The van der Waals surface area contributed by atoms with Gasteiger partial charge in [0.2, 0.25) is 5.95 Å². The van der Waals surface area contributed by atoms with Crippen LogP contribution >= 0.6 is 0 Å². The molecule has 3 N–H and O–H groups in total. The fourth-order valence-electron chi connectivity index (χ4n) is 2.79. The van der Waals surface area contributed by atoms with Crippen LogP contribution in [0.5, 0.6) is 5.75 Å². The van der Waals surface area contributed by atoms with Crippen molar-refractivity contribution in [1.82, 2.24) is 19.7 Å². The zero-order valence-electron chi connectivity index (χ0n) is 16.4. The smallest absolute Gasteiger partial charge is 0.223 e. The van der Waals surface area contributed by atoms with Gasteiger partial charge in [-0.3, -0.25) is 0 Å². The predicted molar refractivity (Wildman–Crippen MR) is 110 cm³/mol. The van der Waals surface area contributed by atoms with E-state index in [0.29, 0.717) is 19.0 Å². The lowest BCUT2D eigenvalue weighted by molar-refractivity contribution is 0.310. The zero-order valence-corrected chi connectivity index (χ0v) is 16.4. The van der Waals surface area contributed by atoms with Crippen molar-refractivity contribution in [2.45, 2.75) is 26.4 Å². The van der Waals surface area contributed by atoms with Crippen molar-refractivity contribution in [1.29, 1.82) is 0 Å². The zero-order chi connectivity index (χ0) is 19.9. The molecule has 0 saturated heterocycles. The highest BCUT2D eigenvalue weighted by atomic mass is 16.5. The third-order valence-corrected chi connectivity index (χ3v) is 4.08. The number of aromatic nitrogens is 4. The number of anilines is 2. The van der Waals surface area contributed by atoms with E-state index in [1.54, 1.807) is 19.5 Å². The van der Waals surface area contributed by atoms with Crippen LogP contribution in [0.2, 0.25) is 0 Å². The Morgan fingerprint density at radius 3 is 2.64 bits per heavy atom. The molecule has 0 atom stereocenters. The summed E-state index contributed by atoms with van der Waals surface area (Å²) < 4.78 is 7.08. The number of hydrogen-bond donors (Lipinski definition) is 3. The number of nitrogens with one attached hydrogen (secondary N) is 2. The van der Waals surface area contributed by atoms with Crippen molar-refractivity contribution in [2.75, 3.05) is 30.9 Å². The van der Waals surface area contributed by atoms with Crippen LogP contribution in [0.3, 0.4) is 0 Å². The Balaban J connectivity index is 1.91. The summed E-state index contributed by atoms with van der Waals surface area (Å²) in [4.78, 5) is 8.87. The maximum absolute atomic E-state index is 9.27. The summed E-state index contributed by atoms with van der Waals surface area (Å²) in [5, 5.41) is 20.3. The molecular formula is C20H26N6O2. The van der Waals surface area contributed by atoms with E-state index >= 15 is 0 Å². The number of hydrogen-bond acceptors (Lipinski definition) is 7. The Kier molecular flexibility index (Phi) is 6.44. The van der Waals surface area contributed by atoms with Crippen LogP contribution in [-0.4, -0.2) is 51.2 Å². The van der Waals surface area contributed by atoms with Crippen LogP contribution in [0.1, 0.15) is 19.4 Å². The lowest BCUT2D eigenvalue weighted by Crippen LogP contribution is -2.14. The van der Waals surface area contributed by atoms with Crippen LogP contribution in [0.15, 0.2) is 42.7 Å². The minimum atomic E-state index is 0.0249. The molecule has 3 rings (SSSR count).